The molecule has 0 aromatic heterocycles. The van der Waals surface area contributed by atoms with Crippen molar-refractivity contribution in [2.24, 2.45) is 0 Å². The molecule has 2 nitrogen and oxygen atoms in total. The molecule has 1 rings (SSSR count). The summed E-state index contributed by atoms with van der Waals surface area (Å²) in [5.41, 5.74) is 2.70. The predicted octanol–water partition coefficient (Wildman–Crippen LogP) is 4.45. The third-order valence-corrected chi connectivity index (χ3v) is 3.45. The van der Waals surface area contributed by atoms with Gasteiger partial charge in [-0.2, -0.15) is 0 Å². The summed E-state index contributed by atoms with van der Waals surface area (Å²) in [6, 6.07) is 6.54. The number of unbranched alkanes of at least 4 members (excludes halogenated alkanes) is 2. The molecule has 0 unspecified atom stereocenters. The molecule has 1 aromatic carbocycles. The van der Waals surface area contributed by atoms with E-state index in [9.17, 15) is 0 Å². The molecular formula is C18H31NO. The van der Waals surface area contributed by atoms with Crippen LogP contribution in [0.2, 0.25) is 0 Å². The van der Waals surface area contributed by atoms with Gasteiger partial charge in [0.2, 0.25) is 0 Å². The Morgan fingerprint density at radius 2 is 1.85 bits per heavy atom. The number of aryl methyl sites for hydroxylation is 1. The summed E-state index contributed by atoms with van der Waals surface area (Å²) < 4.78 is 6.03. The fourth-order valence-corrected chi connectivity index (χ4v) is 2.26. The number of hydrogen-bond acceptors (Lipinski definition) is 2. The fourth-order valence-electron chi connectivity index (χ4n) is 2.26. The van der Waals surface area contributed by atoms with Crippen LogP contribution in [-0.4, -0.2) is 19.7 Å². The summed E-state index contributed by atoms with van der Waals surface area (Å²) in [5, 5.41) is 3.35. The maximum absolute atomic E-state index is 6.03. The standard InChI is InChI=1S/C18H31NO/c1-6-19-12-8-7-9-13-20-17-14-15(2)10-11-16(17)18(3,4)5/h10-11,14,19H,6-9,12-13H2,1-5H3. The first kappa shape index (κ1) is 17.0. The van der Waals surface area contributed by atoms with Crippen LogP contribution in [0.3, 0.4) is 0 Å². The van der Waals surface area contributed by atoms with Gasteiger partial charge in [-0.05, 0) is 61.9 Å². The quantitative estimate of drug-likeness (QED) is 0.709. The highest BCUT2D eigenvalue weighted by Gasteiger charge is 2.18. The number of nitrogens with one attached hydrogen (secondary N) is 1. The second-order valence-corrected chi connectivity index (χ2v) is 6.51. The van der Waals surface area contributed by atoms with Gasteiger partial charge in [-0.25, -0.2) is 0 Å². The Morgan fingerprint density at radius 3 is 2.50 bits per heavy atom. The van der Waals surface area contributed by atoms with E-state index in [1.165, 1.54) is 24.0 Å². The Morgan fingerprint density at radius 1 is 1.10 bits per heavy atom. The van der Waals surface area contributed by atoms with Crippen LogP contribution in [0.1, 0.15) is 58.1 Å². The molecule has 0 aliphatic rings. The monoisotopic (exact) mass is 277 g/mol. The Balaban J connectivity index is 2.45. The molecule has 0 aliphatic carbocycles. The van der Waals surface area contributed by atoms with Crippen LogP contribution in [0, 0.1) is 6.92 Å². The van der Waals surface area contributed by atoms with Crippen molar-refractivity contribution in [3.05, 3.63) is 29.3 Å². The molecule has 0 radical (unpaired) electrons. The van der Waals surface area contributed by atoms with Gasteiger partial charge in [-0.15, -0.1) is 0 Å². The highest BCUT2D eigenvalue weighted by Crippen LogP contribution is 2.32. The fraction of sp³-hybridized carbons (Fsp3) is 0.667. The molecule has 0 saturated heterocycles. The maximum atomic E-state index is 6.03. The van der Waals surface area contributed by atoms with Crippen LogP contribution in [-0.2, 0) is 5.41 Å². The molecule has 2 heteroatoms. The van der Waals surface area contributed by atoms with Gasteiger partial charge in [-0.1, -0.05) is 39.8 Å². The van der Waals surface area contributed by atoms with E-state index in [0.29, 0.717) is 0 Å². The zero-order chi connectivity index (χ0) is 15.0. The van der Waals surface area contributed by atoms with Crippen LogP contribution in [0.25, 0.3) is 0 Å². The van der Waals surface area contributed by atoms with E-state index in [2.05, 4.69) is 58.1 Å². The lowest BCUT2D eigenvalue weighted by Crippen LogP contribution is -2.15. The SMILES string of the molecule is CCNCCCCCOc1cc(C)ccc1C(C)(C)C. The molecule has 1 aromatic rings. The van der Waals surface area contributed by atoms with Gasteiger partial charge in [0.1, 0.15) is 5.75 Å². The first-order valence-electron chi connectivity index (χ1n) is 7.90. The van der Waals surface area contributed by atoms with E-state index in [0.717, 1.165) is 31.9 Å². The van der Waals surface area contributed by atoms with Crippen LogP contribution >= 0.6 is 0 Å². The summed E-state index contributed by atoms with van der Waals surface area (Å²) in [4.78, 5) is 0. The summed E-state index contributed by atoms with van der Waals surface area (Å²) >= 11 is 0. The van der Waals surface area contributed by atoms with Crippen molar-refractivity contribution in [2.75, 3.05) is 19.7 Å². The summed E-state index contributed by atoms with van der Waals surface area (Å²) in [6.45, 7) is 14.0. The molecule has 0 amide bonds. The second-order valence-electron chi connectivity index (χ2n) is 6.51. The number of benzene rings is 1. The van der Waals surface area contributed by atoms with Gasteiger partial charge in [0.25, 0.3) is 0 Å². The van der Waals surface area contributed by atoms with Crippen molar-refractivity contribution < 1.29 is 4.74 Å². The van der Waals surface area contributed by atoms with Crippen LogP contribution in [0.15, 0.2) is 18.2 Å². The van der Waals surface area contributed by atoms with Gasteiger partial charge in [0, 0.05) is 0 Å². The van der Waals surface area contributed by atoms with Crippen LogP contribution in [0.5, 0.6) is 5.75 Å². The van der Waals surface area contributed by atoms with E-state index in [-0.39, 0.29) is 5.41 Å². The molecule has 20 heavy (non-hydrogen) atoms. The minimum Gasteiger partial charge on any atom is -0.493 e. The summed E-state index contributed by atoms with van der Waals surface area (Å²) in [7, 11) is 0. The van der Waals surface area contributed by atoms with Crippen molar-refractivity contribution in [1.29, 1.82) is 0 Å². The van der Waals surface area contributed by atoms with E-state index in [4.69, 9.17) is 4.74 Å². The zero-order valence-electron chi connectivity index (χ0n) is 13.9. The highest BCUT2D eigenvalue weighted by atomic mass is 16.5. The van der Waals surface area contributed by atoms with Crippen molar-refractivity contribution in [1.82, 2.24) is 5.32 Å². The van der Waals surface area contributed by atoms with E-state index in [1.54, 1.807) is 0 Å². The van der Waals surface area contributed by atoms with Crippen LogP contribution < -0.4 is 10.1 Å². The van der Waals surface area contributed by atoms with Gasteiger partial charge in [0.05, 0.1) is 6.61 Å². The molecule has 0 aliphatic heterocycles. The van der Waals surface area contributed by atoms with Crippen LogP contribution in [0.4, 0.5) is 0 Å². The second kappa shape index (κ2) is 8.31. The highest BCUT2D eigenvalue weighted by molar-refractivity contribution is 5.41. The molecule has 0 spiro atoms. The summed E-state index contributed by atoms with van der Waals surface area (Å²) in [6.07, 6.45) is 3.59. The van der Waals surface area contributed by atoms with Gasteiger partial charge >= 0.3 is 0 Å². The normalized spacial score (nSPS) is 11.7. The van der Waals surface area contributed by atoms with E-state index < -0.39 is 0 Å². The topological polar surface area (TPSA) is 21.3 Å². The zero-order valence-corrected chi connectivity index (χ0v) is 13.9. The predicted molar refractivity (Wildman–Crippen MR) is 87.8 cm³/mol. The minimum absolute atomic E-state index is 0.133. The third kappa shape index (κ3) is 5.96. The van der Waals surface area contributed by atoms with Crippen molar-refractivity contribution in [2.45, 2.75) is 59.3 Å². The molecule has 1 N–H and O–H groups in total. The Kier molecular flexibility index (Phi) is 7.08. The maximum Gasteiger partial charge on any atom is 0.123 e. The molecule has 0 atom stereocenters. The molecule has 0 saturated carbocycles. The molecule has 0 heterocycles. The number of hydrogen-bond donors (Lipinski definition) is 1. The Bertz CT molecular complexity index is 393. The van der Waals surface area contributed by atoms with Crippen molar-refractivity contribution in [3.8, 4) is 5.75 Å². The average molecular weight is 277 g/mol. The molecule has 114 valence electrons. The van der Waals surface area contributed by atoms with E-state index >= 15 is 0 Å². The van der Waals surface area contributed by atoms with E-state index in [1.807, 2.05) is 0 Å². The van der Waals surface area contributed by atoms with Gasteiger partial charge < -0.3 is 10.1 Å². The first-order valence-corrected chi connectivity index (χ1v) is 7.90. The average Bonchev–Trinajstić information content (AvgIpc) is 2.36. The van der Waals surface area contributed by atoms with Crippen molar-refractivity contribution in [3.63, 3.8) is 0 Å². The molecular weight excluding hydrogens is 246 g/mol. The molecule has 0 bridgehead atoms. The Labute approximate surface area is 124 Å². The lowest BCUT2D eigenvalue weighted by atomic mass is 9.86. The molecule has 0 fully saturated rings. The number of ether oxygens (including phenoxy) is 1. The Hall–Kier alpha value is -1.02. The van der Waals surface area contributed by atoms with Crippen molar-refractivity contribution >= 4 is 0 Å². The smallest absolute Gasteiger partial charge is 0.123 e. The summed E-state index contributed by atoms with van der Waals surface area (Å²) in [5.74, 6) is 1.06. The third-order valence-electron chi connectivity index (χ3n) is 3.45. The minimum atomic E-state index is 0.133. The largest absolute Gasteiger partial charge is 0.493 e. The lowest BCUT2D eigenvalue weighted by molar-refractivity contribution is 0.297. The lowest BCUT2D eigenvalue weighted by Gasteiger charge is -2.23. The number of rotatable bonds is 8. The van der Waals surface area contributed by atoms with Gasteiger partial charge in [0.15, 0.2) is 0 Å². The van der Waals surface area contributed by atoms with Gasteiger partial charge in [-0.3, -0.25) is 0 Å². The first-order chi connectivity index (χ1) is 9.45.